The van der Waals surface area contributed by atoms with E-state index in [0.29, 0.717) is 16.8 Å². The summed E-state index contributed by atoms with van der Waals surface area (Å²) in [6, 6.07) is 3.44. The lowest BCUT2D eigenvalue weighted by atomic mass is 10.0. The molecular formula is C12H10F2N2. The standard InChI is InChI=1S/C12H10F2N2/c1-7-10(5-16-6-12(7)15)9-3-2-8(13)4-11(9)14/h2-6H,15H2,1H3. The first-order chi connectivity index (χ1) is 7.59. The first kappa shape index (κ1) is 10.5. The second-order valence-corrected chi connectivity index (χ2v) is 3.53. The molecule has 0 saturated carbocycles. The van der Waals surface area contributed by atoms with Crippen LogP contribution in [0.15, 0.2) is 30.6 Å². The molecule has 2 nitrogen and oxygen atoms in total. The molecule has 4 heteroatoms. The normalized spacial score (nSPS) is 10.4. The second-order valence-electron chi connectivity index (χ2n) is 3.53. The molecule has 0 saturated heterocycles. The van der Waals surface area contributed by atoms with Crippen molar-refractivity contribution in [3.05, 3.63) is 47.8 Å². The number of pyridine rings is 1. The van der Waals surface area contributed by atoms with E-state index in [4.69, 9.17) is 5.73 Å². The van der Waals surface area contributed by atoms with Crippen LogP contribution >= 0.6 is 0 Å². The molecule has 0 unspecified atom stereocenters. The second kappa shape index (κ2) is 3.89. The van der Waals surface area contributed by atoms with Crippen molar-refractivity contribution in [2.75, 3.05) is 5.73 Å². The maximum atomic E-state index is 13.5. The minimum absolute atomic E-state index is 0.304. The molecule has 1 aromatic carbocycles. The number of rotatable bonds is 1. The van der Waals surface area contributed by atoms with Gasteiger partial charge in [0.15, 0.2) is 0 Å². The van der Waals surface area contributed by atoms with Crippen LogP contribution in [0.1, 0.15) is 5.56 Å². The summed E-state index contributed by atoms with van der Waals surface area (Å²) in [6.07, 6.45) is 3.02. The molecule has 2 N–H and O–H groups in total. The molecule has 0 atom stereocenters. The van der Waals surface area contributed by atoms with Crippen LogP contribution in [-0.4, -0.2) is 4.98 Å². The fourth-order valence-corrected chi connectivity index (χ4v) is 1.52. The summed E-state index contributed by atoms with van der Waals surface area (Å²) in [5.41, 5.74) is 7.79. The molecule has 1 heterocycles. The molecule has 0 amide bonds. The van der Waals surface area contributed by atoms with Gasteiger partial charge in [0.1, 0.15) is 11.6 Å². The molecule has 0 aliphatic heterocycles. The van der Waals surface area contributed by atoms with E-state index in [2.05, 4.69) is 4.98 Å². The van der Waals surface area contributed by atoms with Crippen LogP contribution in [0.25, 0.3) is 11.1 Å². The number of hydrogen-bond acceptors (Lipinski definition) is 2. The predicted octanol–water partition coefficient (Wildman–Crippen LogP) is 2.92. The van der Waals surface area contributed by atoms with Crippen molar-refractivity contribution in [3.63, 3.8) is 0 Å². The van der Waals surface area contributed by atoms with E-state index in [9.17, 15) is 8.78 Å². The molecule has 2 aromatic rings. The Morgan fingerprint density at radius 3 is 2.56 bits per heavy atom. The smallest absolute Gasteiger partial charge is 0.134 e. The quantitative estimate of drug-likeness (QED) is 0.802. The molecule has 2 rings (SSSR count). The monoisotopic (exact) mass is 220 g/mol. The van der Waals surface area contributed by atoms with Crippen LogP contribution in [0.4, 0.5) is 14.5 Å². The van der Waals surface area contributed by atoms with Crippen LogP contribution in [-0.2, 0) is 0 Å². The van der Waals surface area contributed by atoms with Gasteiger partial charge in [-0.1, -0.05) is 0 Å². The van der Waals surface area contributed by atoms with Crippen molar-refractivity contribution in [1.82, 2.24) is 4.98 Å². The summed E-state index contributed by atoms with van der Waals surface area (Å²) in [5, 5.41) is 0. The minimum Gasteiger partial charge on any atom is -0.397 e. The summed E-state index contributed by atoms with van der Waals surface area (Å²) in [4.78, 5) is 3.90. The largest absolute Gasteiger partial charge is 0.397 e. The number of anilines is 1. The fraction of sp³-hybridized carbons (Fsp3) is 0.0833. The Hall–Kier alpha value is -1.97. The Kier molecular flexibility index (Phi) is 2.56. The fourth-order valence-electron chi connectivity index (χ4n) is 1.52. The highest BCUT2D eigenvalue weighted by Crippen LogP contribution is 2.28. The first-order valence-electron chi connectivity index (χ1n) is 4.75. The number of benzene rings is 1. The van der Waals surface area contributed by atoms with Crippen molar-refractivity contribution in [3.8, 4) is 11.1 Å². The van der Waals surface area contributed by atoms with Gasteiger partial charge in [-0.05, 0) is 24.6 Å². The number of nitrogens with two attached hydrogens (primary N) is 1. The maximum Gasteiger partial charge on any atom is 0.134 e. The maximum absolute atomic E-state index is 13.5. The molecule has 1 aromatic heterocycles. The van der Waals surface area contributed by atoms with Gasteiger partial charge in [-0.3, -0.25) is 4.98 Å². The lowest BCUT2D eigenvalue weighted by molar-refractivity contribution is 0.585. The topological polar surface area (TPSA) is 38.9 Å². The third-order valence-electron chi connectivity index (χ3n) is 2.48. The van der Waals surface area contributed by atoms with Crippen molar-refractivity contribution in [2.45, 2.75) is 6.92 Å². The summed E-state index contributed by atoms with van der Waals surface area (Å²) >= 11 is 0. The van der Waals surface area contributed by atoms with E-state index in [1.807, 2.05) is 0 Å². The number of nitrogens with zero attached hydrogens (tertiary/aromatic N) is 1. The number of aromatic nitrogens is 1. The Labute approximate surface area is 91.7 Å². The summed E-state index contributed by atoms with van der Waals surface area (Å²) in [5.74, 6) is -1.22. The molecule has 0 aliphatic rings. The molecule has 82 valence electrons. The van der Waals surface area contributed by atoms with Gasteiger partial charge in [-0.25, -0.2) is 8.78 Å². The van der Waals surface area contributed by atoms with Gasteiger partial charge >= 0.3 is 0 Å². The van der Waals surface area contributed by atoms with Gasteiger partial charge in [0.05, 0.1) is 11.9 Å². The highest BCUT2D eigenvalue weighted by Gasteiger charge is 2.10. The predicted molar refractivity (Wildman–Crippen MR) is 58.7 cm³/mol. The zero-order chi connectivity index (χ0) is 11.7. The summed E-state index contributed by atoms with van der Waals surface area (Å²) in [7, 11) is 0. The minimum atomic E-state index is -0.615. The van der Waals surface area contributed by atoms with Gasteiger partial charge in [0.25, 0.3) is 0 Å². The van der Waals surface area contributed by atoms with Gasteiger partial charge in [0, 0.05) is 23.4 Å². The average Bonchev–Trinajstić information content (AvgIpc) is 2.23. The van der Waals surface area contributed by atoms with Gasteiger partial charge in [-0.2, -0.15) is 0 Å². The van der Waals surface area contributed by atoms with E-state index in [0.717, 1.165) is 11.6 Å². The number of nitrogen functional groups attached to an aromatic ring is 1. The van der Waals surface area contributed by atoms with Gasteiger partial charge in [0.2, 0.25) is 0 Å². The van der Waals surface area contributed by atoms with E-state index in [1.54, 1.807) is 6.92 Å². The van der Waals surface area contributed by atoms with Gasteiger partial charge < -0.3 is 5.73 Å². The Bertz CT molecular complexity index is 539. The molecule has 0 fully saturated rings. The molecule has 0 radical (unpaired) electrons. The molecule has 0 spiro atoms. The van der Waals surface area contributed by atoms with E-state index in [-0.39, 0.29) is 0 Å². The zero-order valence-electron chi connectivity index (χ0n) is 8.67. The van der Waals surface area contributed by atoms with Crippen molar-refractivity contribution in [1.29, 1.82) is 0 Å². The molecular weight excluding hydrogens is 210 g/mol. The third kappa shape index (κ3) is 1.74. The summed E-state index contributed by atoms with van der Waals surface area (Å²) < 4.78 is 26.3. The lowest BCUT2D eigenvalue weighted by Gasteiger charge is -2.08. The van der Waals surface area contributed by atoms with Crippen molar-refractivity contribution >= 4 is 5.69 Å². The van der Waals surface area contributed by atoms with Crippen LogP contribution in [0, 0.1) is 18.6 Å². The molecule has 0 bridgehead atoms. The van der Waals surface area contributed by atoms with E-state index >= 15 is 0 Å². The number of halogens is 2. The third-order valence-corrected chi connectivity index (χ3v) is 2.48. The summed E-state index contributed by atoms with van der Waals surface area (Å²) in [6.45, 7) is 1.77. The lowest BCUT2D eigenvalue weighted by Crippen LogP contribution is -1.95. The zero-order valence-corrected chi connectivity index (χ0v) is 8.67. The van der Waals surface area contributed by atoms with Crippen molar-refractivity contribution in [2.24, 2.45) is 0 Å². The van der Waals surface area contributed by atoms with E-state index < -0.39 is 11.6 Å². The van der Waals surface area contributed by atoms with E-state index in [1.165, 1.54) is 24.5 Å². The van der Waals surface area contributed by atoms with Crippen LogP contribution in [0.3, 0.4) is 0 Å². The van der Waals surface area contributed by atoms with Crippen molar-refractivity contribution < 1.29 is 8.78 Å². The highest BCUT2D eigenvalue weighted by molar-refractivity contribution is 5.71. The van der Waals surface area contributed by atoms with Crippen LogP contribution in [0.5, 0.6) is 0 Å². The Balaban J connectivity index is 2.63. The Morgan fingerprint density at radius 1 is 1.12 bits per heavy atom. The first-order valence-corrected chi connectivity index (χ1v) is 4.75. The SMILES string of the molecule is Cc1c(N)cncc1-c1ccc(F)cc1F. The average molecular weight is 220 g/mol. The highest BCUT2D eigenvalue weighted by atomic mass is 19.1. The van der Waals surface area contributed by atoms with Crippen LogP contribution < -0.4 is 5.73 Å². The number of hydrogen-bond donors (Lipinski definition) is 1. The van der Waals surface area contributed by atoms with Gasteiger partial charge in [-0.15, -0.1) is 0 Å². The molecule has 16 heavy (non-hydrogen) atoms. The molecule has 0 aliphatic carbocycles. The Morgan fingerprint density at radius 2 is 1.88 bits per heavy atom. The van der Waals surface area contributed by atoms with Crippen LogP contribution in [0.2, 0.25) is 0 Å².